The minimum atomic E-state index is -0.487. The van der Waals surface area contributed by atoms with Crippen molar-refractivity contribution in [2.45, 2.75) is 25.5 Å². The number of aryl methyl sites for hydroxylation is 1. The molecule has 2 heterocycles. The fourth-order valence-corrected chi connectivity index (χ4v) is 4.75. The average molecular weight is 520 g/mol. The highest BCUT2D eigenvalue weighted by Crippen LogP contribution is 2.35. The molecule has 1 fully saturated rings. The molecule has 0 spiro atoms. The van der Waals surface area contributed by atoms with Gasteiger partial charge in [0, 0.05) is 25.8 Å². The first kappa shape index (κ1) is 25.0. The molecule has 3 aromatic carbocycles. The molecule has 190 valence electrons. The van der Waals surface area contributed by atoms with Crippen LogP contribution in [0.5, 0.6) is 11.6 Å². The van der Waals surface area contributed by atoms with Crippen LogP contribution in [0.15, 0.2) is 78.9 Å². The highest BCUT2D eigenvalue weighted by molar-refractivity contribution is 6.33. The molecule has 8 heteroatoms. The number of para-hydroxylation sites is 1. The quantitative estimate of drug-likeness (QED) is 0.267. The Morgan fingerprint density at radius 3 is 2.57 bits per heavy atom. The zero-order valence-electron chi connectivity index (χ0n) is 20.4. The molecule has 0 bridgehead atoms. The van der Waals surface area contributed by atoms with Crippen LogP contribution in [-0.4, -0.2) is 39.8 Å². The number of nitrogens with zero attached hydrogens (tertiary/aromatic N) is 3. The van der Waals surface area contributed by atoms with E-state index in [9.17, 15) is 9.18 Å². The van der Waals surface area contributed by atoms with Gasteiger partial charge in [0.15, 0.2) is 11.6 Å². The van der Waals surface area contributed by atoms with Gasteiger partial charge in [0.05, 0.1) is 28.8 Å². The smallest absolute Gasteiger partial charge is 0.255 e. The maximum Gasteiger partial charge on any atom is 0.255 e. The lowest BCUT2D eigenvalue weighted by molar-refractivity contribution is 0.0506. The van der Waals surface area contributed by atoms with Gasteiger partial charge in [-0.15, -0.1) is 0 Å². The maximum absolute atomic E-state index is 14.5. The molecule has 0 N–H and O–H groups in total. The maximum atomic E-state index is 14.5. The van der Waals surface area contributed by atoms with Gasteiger partial charge in [0.1, 0.15) is 5.69 Å². The monoisotopic (exact) mass is 519 g/mol. The summed E-state index contributed by atoms with van der Waals surface area (Å²) in [7, 11) is 1.74. The summed E-state index contributed by atoms with van der Waals surface area (Å²) in [6, 6.07) is 22.9. The minimum Gasteiger partial charge on any atom is -0.436 e. The molecule has 1 unspecified atom stereocenters. The van der Waals surface area contributed by atoms with Crippen LogP contribution in [-0.2, 0) is 18.3 Å². The minimum absolute atomic E-state index is 0.0782. The van der Waals surface area contributed by atoms with Crippen molar-refractivity contribution in [3.8, 4) is 22.9 Å². The molecule has 1 aliphatic rings. The molecule has 1 atom stereocenters. The fourth-order valence-electron chi connectivity index (χ4n) is 4.53. The summed E-state index contributed by atoms with van der Waals surface area (Å²) in [5.41, 5.74) is 2.58. The predicted molar refractivity (Wildman–Crippen MR) is 140 cm³/mol. The van der Waals surface area contributed by atoms with Crippen molar-refractivity contribution in [3.05, 3.63) is 101 Å². The number of aromatic nitrogens is 2. The molecule has 6 nitrogen and oxygen atoms in total. The summed E-state index contributed by atoms with van der Waals surface area (Å²) in [4.78, 5) is 15.5. The zero-order valence-corrected chi connectivity index (χ0v) is 21.2. The van der Waals surface area contributed by atoms with Gasteiger partial charge in [-0.2, -0.15) is 5.10 Å². The van der Waals surface area contributed by atoms with Crippen molar-refractivity contribution in [2.24, 2.45) is 7.05 Å². The standard InChI is InChI=1S/C29H27ClFN3O3/c1-33-29(37-26-16-8-7-15-25(26)31)23(27(32-33)20-10-3-2-4-11-20)19-34(18-21-12-9-17-36-21)28(35)22-13-5-6-14-24(22)30/h2-8,10-11,13-16,21H,9,12,17-19H2,1H3. The molecular weight excluding hydrogens is 493 g/mol. The number of ether oxygens (including phenoxy) is 2. The van der Waals surface area contributed by atoms with E-state index in [-0.39, 0.29) is 24.3 Å². The third-order valence-corrected chi connectivity index (χ3v) is 6.70. The molecule has 0 aliphatic carbocycles. The molecule has 1 aromatic heterocycles. The topological polar surface area (TPSA) is 56.6 Å². The molecule has 0 saturated carbocycles. The van der Waals surface area contributed by atoms with Gasteiger partial charge >= 0.3 is 0 Å². The molecule has 37 heavy (non-hydrogen) atoms. The van der Waals surface area contributed by atoms with Crippen LogP contribution in [0.2, 0.25) is 5.02 Å². The molecule has 1 saturated heterocycles. The van der Waals surface area contributed by atoms with E-state index in [0.717, 1.165) is 18.4 Å². The average Bonchev–Trinajstić information content (AvgIpc) is 3.53. The third kappa shape index (κ3) is 5.53. The Labute approximate surface area is 220 Å². The van der Waals surface area contributed by atoms with E-state index >= 15 is 0 Å². The second-order valence-corrected chi connectivity index (χ2v) is 9.36. The van der Waals surface area contributed by atoms with Crippen LogP contribution in [0.4, 0.5) is 4.39 Å². The molecule has 1 aliphatic heterocycles. The van der Waals surface area contributed by atoms with Crippen molar-refractivity contribution in [3.63, 3.8) is 0 Å². The number of rotatable bonds is 8. The van der Waals surface area contributed by atoms with Gasteiger partial charge in [0.2, 0.25) is 5.88 Å². The largest absolute Gasteiger partial charge is 0.436 e. The molecule has 1 amide bonds. The SMILES string of the molecule is Cn1nc(-c2ccccc2)c(CN(CC2CCCO2)C(=O)c2ccccc2Cl)c1Oc1ccccc1F. The van der Waals surface area contributed by atoms with Crippen molar-refractivity contribution in [1.82, 2.24) is 14.7 Å². The van der Waals surface area contributed by atoms with Crippen LogP contribution >= 0.6 is 11.6 Å². The number of hydrogen-bond acceptors (Lipinski definition) is 4. The normalized spacial score (nSPS) is 15.1. The van der Waals surface area contributed by atoms with E-state index in [1.165, 1.54) is 6.07 Å². The van der Waals surface area contributed by atoms with E-state index in [4.69, 9.17) is 26.2 Å². The van der Waals surface area contributed by atoms with Gasteiger partial charge in [-0.05, 0) is 37.1 Å². The lowest BCUT2D eigenvalue weighted by Gasteiger charge is -2.26. The first-order valence-electron chi connectivity index (χ1n) is 12.2. The van der Waals surface area contributed by atoms with E-state index in [2.05, 4.69) is 0 Å². The zero-order chi connectivity index (χ0) is 25.8. The Bertz CT molecular complexity index is 1390. The lowest BCUT2D eigenvalue weighted by atomic mass is 10.1. The number of benzene rings is 3. The van der Waals surface area contributed by atoms with Crippen LogP contribution in [0.25, 0.3) is 11.3 Å². The Kier molecular flexibility index (Phi) is 7.53. The molecular formula is C29H27ClFN3O3. The summed E-state index contributed by atoms with van der Waals surface area (Å²) < 4.78 is 28.1. The van der Waals surface area contributed by atoms with Gasteiger partial charge < -0.3 is 14.4 Å². The third-order valence-electron chi connectivity index (χ3n) is 6.37. The molecule has 5 rings (SSSR count). The van der Waals surface area contributed by atoms with Crippen LogP contribution in [0, 0.1) is 5.82 Å². The molecule has 0 radical (unpaired) electrons. The Morgan fingerprint density at radius 2 is 1.84 bits per heavy atom. The first-order chi connectivity index (χ1) is 18.0. The van der Waals surface area contributed by atoms with E-state index in [0.29, 0.717) is 40.9 Å². The van der Waals surface area contributed by atoms with Crippen molar-refractivity contribution >= 4 is 17.5 Å². The van der Waals surface area contributed by atoms with Gasteiger partial charge in [-0.25, -0.2) is 9.07 Å². The Balaban J connectivity index is 1.58. The van der Waals surface area contributed by atoms with Gasteiger partial charge in [-0.1, -0.05) is 66.2 Å². The number of halogens is 2. The highest BCUT2D eigenvalue weighted by Gasteiger charge is 2.29. The summed E-state index contributed by atoms with van der Waals surface area (Å²) in [6.07, 6.45) is 1.73. The summed E-state index contributed by atoms with van der Waals surface area (Å²) in [6.45, 7) is 1.22. The first-order valence-corrected chi connectivity index (χ1v) is 12.6. The van der Waals surface area contributed by atoms with Crippen molar-refractivity contribution in [1.29, 1.82) is 0 Å². The number of carbonyl (C=O) groups excluding carboxylic acids is 1. The second-order valence-electron chi connectivity index (χ2n) is 8.95. The Hall–Kier alpha value is -3.68. The van der Waals surface area contributed by atoms with E-state index in [1.807, 2.05) is 30.3 Å². The van der Waals surface area contributed by atoms with Crippen molar-refractivity contribution < 1.29 is 18.7 Å². The lowest BCUT2D eigenvalue weighted by Crippen LogP contribution is -2.37. The summed E-state index contributed by atoms with van der Waals surface area (Å²) in [5, 5.41) is 5.09. The van der Waals surface area contributed by atoms with Gasteiger partial charge in [0.25, 0.3) is 5.91 Å². The van der Waals surface area contributed by atoms with Crippen molar-refractivity contribution in [2.75, 3.05) is 13.2 Å². The number of hydrogen-bond donors (Lipinski definition) is 0. The highest BCUT2D eigenvalue weighted by atomic mass is 35.5. The fraction of sp³-hybridized carbons (Fsp3) is 0.241. The van der Waals surface area contributed by atoms with Crippen LogP contribution < -0.4 is 4.74 Å². The Morgan fingerprint density at radius 1 is 1.11 bits per heavy atom. The predicted octanol–water partition coefficient (Wildman–Crippen LogP) is 6.49. The summed E-state index contributed by atoms with van der Waals surface area (Å²) in [5.74, 6) is -0.275. The van der Waals surface area contributed by atoms with E-state index in [1.54, 1.807) is 59.1 Å². The summed E-state index contributed by atoms with van der Waals surface area (Å²) >= 11 is 6.41. The molecule has 4 aromatic rings. The van der Waals surface area contributed by atoms with E-state index < -0.39 is 5.82 Å². The second kappa shape index (κ2) is 11.2. The van der Waals surface area contributed by atoms with Crippen LogP contribution in [0.3, 0.4) is 0 Å². The number of carbonyl (C=O) groups is 1. The number of amides is 1. The van der Waals surface area contributed by atoms with Gasteiger partial charge in [-0.3, -0.25) is 4.79 Å². The van der Waals surface area contributed by atoms with Crippen LogP contribution in [0.1, 0.15) is 28.8 Å².